The zero-order valence-electron chi connectivity index (χ0n) is 11.6. The van der Waals surface area contributed by atoms with Crippen LogP contribution in [0.3, 0.4) is 0 Å². The first kappa shape index (κ1) is 14.2. The Hall–Kier alpha value is -0.710. The second-order valence-corrected chi connectivity index (χ2v) is 6.72. The van der Waals surface area contributed by atoms with Crippen LogP contribution in [-0.2, 0) is 0 Å². The van der Waals surface area contributed by atoms with Crippen LogP contribution >= 0.6 is 23.2 Å². The molecule has 3 rings (SSSR count). The summed E-state index contributed by atoms with van der Waals surface area (Å²) in [7, 11) is 2.25. The first-order valence-electron chi connectivity index (χ1n) is 7.14. The van der Waals surface area contributed by atoms with E-state index >= 15 is 0 Å². The van der Waals surface area contributed by atoms with Gasteiger partial charge in [0.05, 0.1) is 10.0 Å². The van der Waals surface area contributed by atoms with E-state index in [1.165, 1.54) is 19.3 Å². The highest BCUT2D eigenvalue weighted by Gasteiger charge is 2.36. The third kappa shape index (κ3) is 2.69. The monoisotopic (exact) mass is 314 g/mol. The molecule has 3 N–H and O–H groups in total. The summed E-state index contributed by atoms with van der Waals surface area (Å²) in [6, 6.07) is 3.41. The fraction of sp³-hybridized carbons (Fsp3) is 0.643. The van der Waals surface area contributed by atoms with E-state index in [1.807, 2.05) is 0 Å². The number of rotatable bonds is 2. The van der Waals surface area contributed by atoms with Crippen LogP contribution in [0.25, 0.3) is 0 Å². The SMILES string of the molecule is CN1C2CCCC1CC(Nc1nc(N)c(Cl)cc1Cl)C2. The molecule has 2 unspecified atom stereocenters. The van der Waals surface area contributed by atoms with Crippen LogP contribution in [0.2, 0.25) is 10.0 Å². The predicted octanol–water partition coefficient (Wildman–Crippen LogP) is 3.40. The molecule has 6 heteroatoms. The molecule has 1 aromatic rings. The van der Waals surface area contributed by atoms with Gasteiger partial charge in [0.2, 0.25) is 0 Å². The highest BCUT2D eigenvalue weighted by molar-refractivity contribution is 6.37. The molecular formula is C14H20Cl2N4. The van der Waals surface area contributed by atoms with Gasteiger partial charge < -0.3 is 16.0 Å². The fourth-order valence-electron chi connectivity index (χ4n) is 3.51. The number of aromatic nitrogens is 1. The molecule has 1 aromatic heterocycles. The number of nitrogens with zero attached hydrogens (tertiary/aromatic N) is 2. The van der Waals surface area contributed by atoms with E-state index in [0.29, 0.717) is 39.8 Å². The molecule has 3 heterocycles. The summed E-state index contributed by atoms with van der Waals surface area (Å²) in [5, 5.41) is 4.40. The minimum atomic E-state index is 0.326. The third-order valence-electron chi connectivity index (χ3n) is 4.64. The first-order chi connectivity index (χ1) is 9.54. The second-order valence-electron chi connectivity index (χ2n) is 5.90. The van der Waals surface area contributed by atoms with E-state index in [9.17, 15) is 0 Å². The number of fused-ring (bicyclic) bond motifs is 2. The second kappa shape index (κ2) is 5.58. The Kier molecular flexibility index (Phi) is 3.98. The fourth-order valence-corrected chi connectivity index (χ4v) is 3.92. The summed E-state index contributed by atoms with van der Waals surface area (Å²) < 4.78 is 0. The van der Waals surface area contributed by atoms with Gasteiger partial charge in [-0.3, -0.25) is 0 Å². The van der Waals surface area contributed by atoms with Gasteiger partial charge >= 0.3 is 0 Å². The minimum absolute atomic E-state index is 0.326. The van der Waals surface area contributed by atoms with Crippen molar-refractivity contribution < 1.29 is 0 Å². The van der Waals surface area contributed by atoms with Gasteiger partial charge in [-0.05, 0) is 38.8 Å². The Morgan fingerprint density at radius 3 is 2.55 bits per heavy atom. The Bertz CT molecular complexity index is 494. The number of nitrogens with one attached hydrogen (secondary N) is 1. The van der Waals surface area contributed by atoms with Crippen molar-refractivity contribution in [3.05, 3.63) is 16.1 Å². The average molecular weight is 315 g/mol. The van der Waals surface area contributed by atoms with Gasteiger partial charge in [-0.25, -0.2) is 4.98 Å². The molecule has 0 spiro atoms. The normalized spacial score (nSPS) is 30.2. The van der Waals surface area contributed by atoms with Crippen molar-refractivity contribution in [2.45, 2.75) is 50.2 Å². The van der Waals surface area contributed by atoms with Crippen molar-refractivity contribution >= 4 is 34.8 Å². The number of nitrogen functional groups attached to an aromatic ring is 1. The smallest absolute Gasteiger partial charge is 0.147 e. The maximum atomic E-state index is 6.19. The molecule has 2 atom stereocenters. The number of pyridine rings is 1. The molecule has 0 saturated carbocycles. The topological polar surface area (TPSA) is 54.2 Å². The van der Waals surface area contributed by atoms with Crippen molar-refractivity contribution in [2.75, 3.05) is 18.1 Å². The van der Waals surface area contributed by atoms with Gasteiger partial charge in [0.25, 0.3) is 0 Å². The molecule has 2 bridgehead atoms. The summed E-state index contributed by atoms with van der Waals surface area (Å²) in [5.74, 6) is 0.980. The van der Waals surface area contributed by atoms with Crippen LogP contribution in [0.5, 0.6) is 0 Å². The van der Waals surface area contributed by atoms with Crippen molar-refractivity contribution in [1.29, 1.82) is 0 Å². The number of hydrogen-bond donors (Lipinski definition) is 2. The third-order valence-corrected chi connectivity index (χ3v) is 5.23. The summed E-state index contributed by atoms with van der Waals surface area (Å²) in [4.78, 5) is 6.80. The molecular weight excluding hydrogens is 295 g/mol. The maximum absolute atomic E-state index is 6.19. The number of hydrogen-bond acceptors (Lipinski definition) is 4. The van der Waals surface area contributed by atoms with Crippen molar-refractivity contribution in [2.24, 2.45) is 0 Å². The number of nitrogens with two attached hydrogens (primary N) is 1. The van der Waals surface area contributed by atoms with Crippen molar-refractivity contribution in [1.82, 2.24) is 9.88 Å². The summed E-state index contributed by atoms with van der Waals surface area (Å²) in [6.07, 6.45) is 6.19. The van der Waals surface area contributed by atoms with Gasteiger partial charge in [0.15, 0.2) is 0 Å². The lowest BCUT2D eigenvalue weighted by Gasteiger charge is -2.47. The summed E-state index contributed by atoms with van der Waals surface area (Å²) in [6.45, 7) is 0. The molecule has 2 aliphatic rings. The molecule has 0 radical (unpaired) electrons. The minimum Gasteiger partial charge on any atom is -0.382 e. The highest BCUT2D eigenvalue weighted by Crippen LogP contribution is 2.35. The van der Waals surface area contributed by atoms with Crippen molar-refractivity contribution in [3.63, 3.8) is 0 Å². The molecule has 0 amide bonds. The Balaban J connectivity index is 1.74. The highest BCUT2D eigenvalue weighted by atomic mass is 35.5. The van der Waals surface area contributed by atoms with E-state index < -0.39 is 0 Å². The van der Waals surface area contributed by atoms with Crippen LogP contribution in [0.1, 0.15) is 32.1 Å². The lowest BCUT2D eigenvalue weighted by atomic mass is 9.82. The lowest BCUT2D eigenvalue weighted by molar-refractivity contribution is 0.0608. The molecule has 0 aromatic carbocycles. The van der Waals surface area contributed by atoms with Gasteiger partial charge in [-0.15, -0.1) is 0 Å². The van der Waals surface area contributed by atoms with E-state index in [2.05, 4.69) is 22.2 Å². The maximum Gasteiger partial charge on any atom is 0.147 e. The molecule has 4 nitrogen and oxygen atoms in total. The van der Waals surface area contributed by atoms with E-state index in [0.717, 1.165) is 12.8 Å². The molecule has 2 fully saturated rings. The van der Waals surface area contributed by atoms with Gasteiger partial charge in [0.1, 0.15) is 11.6 Å². The molecule has 2 saturated heterocycles. The zero-order chi connectivity index (χ0) is 14.3. The Morgan fingerprint density at radius 2 is 1.90 bits per heavy atom. The van der Waals surface area contributed by atoms with E-state index in [-0.39, 0.29) is 0 Å². The standard InChI is InChI=1S/C14H20Cl2N4/c1-20-9-3-2-4-10(20)6-8(5-9)18-14-12(16)7-11(15)13(17)19-14/h7-10H,2-6H2,1H3,(H3,17,18,19). The summed E-state index contributed by atoms with van der Waals surface area (Å²) >= 11 is 12.1. The van der Waals surface area contributed by atoms with Crippen molar-refractivity contribution in [3.8, 4) is 0 Å². The average Bonchev–Trinajstić information content (AvgIpc) is 2.37. The molecule has 0 aliphatic carbocycles. The first-order valence-corrected chi connectivity index (χ1v) is 7.90. The predicted molar refractivity (Wildman–Crippen MR) is 84.5 cm³/mol. The van der Waals surface area contributed by atoms with Gasteiger partial charge in [0, 0.05) is 18.1 Å². The van der Waals surface area contributed by atoms with Gasteiger partial charge in [-0.1, -0.05) is 29.6 Å². The quantitative estimate of drug-likeness (QED) is 0.878. The van der Waals surface area contributed by atoms with E-state index in [1.54, 1.807) is 6.07 Å². The van der Waals surface area contributed by atoms with Crippen LogP contribution in [0.4, 0.5) is 11.6 Å². The van der Waals surface area contributed by atoms with E-state index in [4.69, 9.17) is 28.9 Å². The Labute approximate surface area is 129 Å². The largest absolute Gasteiger partial charge is 0.382 e. The van der Waals surface area contributed by atoms with Crippen LogP contribution in [-0.4, -0.2) is 35.1 Å². The zero-order valence-corrected chi connectivity index (χ0v) is 13.1. The number of anilines is 2. The molecule has 20 heavy (non-hydrogen) atoms. The number of piperidine rings is 2. The molecule has 110 valence electrons. The summed E-state index contributed by atoms with van der Waals surface area (Å²) in [5.41, 5.74) is 5.76. The Morgan fingerprint density at radius 1 is 1.25 bits per heavy atom. The lowest BCUT2D eigenvalue weighted by Crippen LogP contribution is -2.52. The molecule has 2 aliphatic heterocycles. The van der Waals surface area contributed by atoms with Crippen LogP contribution in [0.15, 0.2) is 6.07 Å². The van der Waals surface area contributed by atoms with Crippen LogP contribution in [0, 0.1) is 0 Å². The van der Waals surface area contributed by atoms with Crippen LogP contribution < -0.4 is 11.1 Å². The number of halogens is 2. The van der Waals surface area contributed by atoms with Gasteiger partial charge in [-0.2, -0.15) is 0 Å².